The van der Waals surface area contributed by atoms with Gasteiger partial charge in [0.15, 0.2) is 0 Å². The largest absolute Gasteiger partial charge is 0.290 e. The van der Waals surface area contributed by atoms with Crippen LogP contribution in [0.25, 0.3) is 88.1 Å². The molecule has 10 rings (SSSR count). The lowest BCUT2D eigenvalue weighted by molar-refractivity contribution is 1.26. The van der Waals surface area contributed by atoms with Crippen LogP contribution in [0.4, 0.5) is 0 Å². The van der Waals surface area contributed by atoms with Crippen LogP contribution in [0.15, 0.2) is 110 Å². The first kappa shape index (κ1) is 21.8. The number of benzene rings is 2. The average Bonchev–Trinajstić information content (AvgIpc) is 3.64. The third kappa shape index (κ3) is 2.75. The molecule has 0 unspecified atom stereocenters. The SMILES string of the molecule is c1cnc2c3ccncc3n3c4ccc(-c5ccc6c(c5)nc5c7cccnc7c7ccncc7n65)cc4nc3c2c1. The average molecular weight is 539 g/mol. The van der Waals surface area contributed by atoms with E-state index in [4.69, 9.17) is 9.97 Å². The van der Waals surface area contributed by atoms with E-state index in [0.717, 1.165) is 88.1 Å². The number of fused-ring (bicyclic) bond motifs is 16. The number of rotatable bonds is 1. The lowest BCUT2D eigenvalue weighted by Crippen LogP contribution is -1.93. The van der Waals surface area contributed by atoms with Crippen LogP contribution >= 0.6 is 0 Å². The number of hydrogen-bond donors (Lipinski definition) is 0. The summed E-state index contributed by atoms with van der Waals surface area (Å²) in [5.74, 6) is 0. The van der Waals surface area contributed by atoms with Crippen molar-refractivity contribution in [3.63, 3.8) is 0 Å². The van der Waals surface area contributed by atoms with Gasteiger partial charge in [-0.1, -0.05) is 12.1 Å². The molecule has 0 aliphatic rings. The molecule has 0 radical (unpaired) electrons. The number of pyridine rings is 6. The van der Waals surface area contributed by atoms with Crippen LogP contribution in [0.2, 0.25) is 0 Å². The second kappa shape index (κ2) is 7.80. The molecule has 0 saturated carbocycles. The van der Waals surface area contributed by atoms with Gasteiger partial charge in [-0.05, 0) is 71.8 Å². The zero-order valence-corrected chi connectivity index (χ0v) is 22.0. The molecule has 10 aromatic rings. The summed E-state index contributed by atoms with van der Waals surface area (Å²) in [5, 5.41) is 4.14. The van der Waals surface area contributed by atoms with Gasteiger partial charge < -0.3 is 0 Å². The van der Waals surface area contributed by atoms with E-state index in [9.17, 15) is 0 Å². The fourth-order valence-electron chi connectivity index (χ4n) is 6.50. The summed E-state index contributed by atoms with van der Waals surface area (Å²) in [6.45, 7) is 0. The molecule has 0 fully saturated rings. The van der Waals surface area contributed by atoms with Crippen molar-refractivity contribution in [1.29, 1.82) is 0 Å². The number of imidazole rings is 2. The Morgan fingerprint density at radius 3 is 1.45 bits per heavy atom. The predicted molar refractivity (Wildman–Crippen MR) is 166 cm³/mol. The van der Waals surface area contributed by atoms with Gasteiger partial charge in [0.2, 0.25) is 0 Å². The Kier molecular flexibility index (Phi) is 4.04. The second-order valence-corrected chi connectivity index (χ2v) is 10.5. The molecule has 8 heterocycles. The van der Waals surface area contributed by atoms with E-state index in [1.54, 1.807) is 0 Å². The van der Waals surface area contributed by atoms with Gasteiger partial charge in [-0.2, -0.15) is 0 Å². The van der Waals surface area contributed by atoms with Crippen molar-refractivity contribution in [3.8, 4) is 11.1 Å². The normalized spacial score (nSPS) is 12.3. The van der Waals surface area contributed by atoms with Crippen molar-refractivity contribution < 1.29 is 0 Å². The molecular weight excluding hydrogens is 520 g/mol. The van der Waals surface area contributed by atoms with Crippen LogP contribution < -0.4 is 0 Å². The number of nitrogens with zero attached hydrogens (tertiary/aromatic N) is 8. The Morgan fingerprint density at radius 2 is 0.952 bits per heavy atom. The maximum absolute atomic E-state index is 5.11. The van der Waals surface area contributed by atoms with E-state index >= 15 is 0 Å². The van der Waals surface area contributed by atoms with Crippen LogP contribution in [0.5, 0.6) is 0 Å². The van der Waals surface area contributed by atoms with Gasteiger partial charge in [0.05, 0.1) is 56.5 Å². The van der Waals surface area contributed by atoms with E-state index in [1.807, 2.05) is 61.4 Å². The Morgan fingerprint density at radius 1 is 0.452 bits per heavy atom. The molecule has 0 aliphatic carbocycles. The first-order valence-electron chi connectivity index (χ1n) is 13.7. The van der Waals surface area contributed by atoms with Crippen LogP contribution in [0.1, 0.15) is 0 Å². The highest BCUT2D eigenvalue weighted by Gasteiger charge is 2.17. The van der Waals surface area contributed by atoms with Gasteiger partial charge in [0, 0.05) is 46.3 Å². The monoisotopic (exact) mass is 538 g/mol. The molecule has 0 saturated heterocycles. The zero-order valence-electron chi connectivity index (χ0n) is 22.0. The second-order valence-electron chi connectivity index (χ2n) is 10.5. The highest BCUT2D eigenvalue weighted by atomic mass is 15.0. The molecule has 0 atom stereocenters. The van der Waals surface area contributed by atoms with Gasteiger partial charge in [-0.25, -0.2) is 9.97 Å². The fraction of sp³-hybridized carbons (Fsp3) is 0. The number of aromatic nitrogens is 8. The lowest BCUT2D eigenvalue weighted by atomic mass is 10.0. The molecule has 194 valence electrons. The minimum atomic E-state index is 0.877. The van der Waals surface area contributed by atoms with Crippen molar-refractivity contribution in [1.82, 2.24) is 38.7 Å². The standard InChI is InChI=1S/C34H18N8/c1-3-23-31(37-11-1)21-9-13-35-17-29(21)41-27-7-5-19(15-25(27)39-33(23)41)20-6-8-28-26(16-20)40-34-24-4-2-12-38-32(24)22-10-14-36-18-30(22)42(28)34/h1-18H. The molecule has 0 amide bonds. The van der Waals surface area contributed by atoms with Crippen LogP contribution in [-0.2, 0) is 0 Å². The van der Waals surface area contributed by atoms with E-state index < -0.39 is 0 Å². The Balaban J connectivity index is 1.23. The predicted octanol–water partition coefficient (Wildman–Crippen LogP) is 7.15. The minimum Gasteiger partial charge on any atom is -0.290 e. The molecule has 0 aliphatic heterocycles. The molecule has 8 nitrogen and oxygen atoms in total. The van der Waals surface area contributed by atoms with Crippen molar-refractivity contribution in [3.05, 3.63) is 110 Å². The van der Waals surface area contributed by atoms with Crippen molar-refractivity contribution in [2.45, 2.75) is 0 Å². The molecule has 8 aromatic heterocycles. The Hall–Kier alpha value is -6.02. The summed E-state index contributed by atoms with van der Waals surface area (Å²) >= 11 is 0. The van der Waals surface area contributed by atoms with E-state index in [-0.39, 0.29) is 0 Å². The smallest absolute Gasteiger partial charge is 0.148 e. The first-order chi connectivity index (χ1) is 20.8. The summed E-state index contributed by atoms with van der Waals surface area (Å²) in [4.78, 5) is 28.4. The van der Waals surface area contributed by atoms with Crippen molar-refractivity contribution >= 4 is 77.0 Å². The van der Waals surface area contributed by atoms with E-state index in [1.165, 1.54) is 0 Å². The van der Waals surface area contributed by atoms with E-state index in [2.05, 4.69) is 77.3 Å². The maximum atomic E-state index is 5.11. The first-order valence-corrected chi connectivity index (χ1v) is 13.7. The fourth-order valence-corrected chi connectivity index (χ4v) is 6.50. The van der Waals surface area contributed by atoms with Gasteiger partial charge in [-0.3, -0.25) is 28.7 Å². The molecule has 0 bridgehead atoms. The highest BCUT2D eigenvalue weighted by molar-refractivity contribution is 6.13. The van der Waals surface area contributed by atoms with Crippen LogP contribution in [0.3, 0.4) is 0 Å². The molecular formula is C34H18N8. The molecule has 0 N–H and O–H groups in total. The molecule has 0 spiro atoms. The van der Waals surface area contributed by atoms with Crippen molar-refractivity contribution in [2.24, 2.45) is 0 Å². The van der Waals surface area contributed by atoms with Gasteiger partial charge >= 0.3 is 0 Å². The summed E-state index contributed by atoms with van der Waals surface area (Å²) in [6, 6.07) is 25.0. The summed E-state index contributed by atoms with van der Waals surface area (Å²) in [6.07, 6.45) is 11.1. The Labute approximate surface area is 236 Å². The molecule has 8 heteroatoms. The third-order valence-corrected chi connectivity index (χ3v) is 8.33. The minimum absolute atomic E-state index is 0.877. The highest BCUT2D eigenvalue weighted by Crippen LogP contribution is 2.35. The Bertz CT molecular complexity index is 2570. The summed E-state index contributed by atoms with van der Waals surface area (Å²) in [5.41, 5.74) is 11.6. The number of hydrogen-bond acceptors (Lipinski definition) is 6. The van der Waals surface area contributed by atoms with Crippen LogP contribution in [0, 0.1) is 0 Å². The van der Waals surface area contributed by atoms with Gasteiger partial charge in [0.1, 0.15) is 11.3 Å². The molecule has 2 aromatic carbocycles. The van der Waals surface area contributed by atoms with Crippen molar-refractivity contribution in [2.75, 3.05) is 0 Å². The van der Waals surface area contributed by atoms with Gasteiger partial charge in [0.25, 0.3) is 0 Å². The zero-order chi connectivity index (χ0) is 27.4. The van der Waals surface area contributed by atoms with E-state index in [0.29, 0.717) is 0 Å². The topological polar surface area (TPSA) is 86.2 Å². The third-order valence-electron chi connectivity index (χ3n) is 8.33. The van der Waals surface area contributed by atoms with Crippen LogP contribution in [-0.4, -0.2) is 38.7 Å². The summed E-state index contributed by atoms with van der Waals surface area (Å²) < 4.78 is 4.38. The lowest BCUT2D eigenvalue weighted by Gasteiger charge is -2.08. The summed E-state index contributed by atoms with van der Waals surface area (Å²) in [7, 11) is 0. The van der Waals surface area contributed by atoms with Gasteiger partial charge in [-0.15, -0.1) is 0 Å². The quantitative estimate of drug-likeness (QED) is 0.206. The maximum Gasteiger partial charge on any atom is 0.148 e. The molecule has 42 heavy (non-hydrogen) atoms.